The van der Waals surface area contributed by atoms with Gasteiger partial charge in [-0.3, -0.25) is 4.79 Å². The second-order valence-corrected chi connectivity index (χ2v) is 6.11. The van der Waals surface area contributed by atoms with Crippen molar-refractivity contribution in [2.24, 2.45) is 0 Å². The van der Waals surface area contributed by atoms with Crippen LogP contribution in [-0.2, 0) is 0 Å². The van der Waals surface area contributed by atoms with Crippen LogP contribution in [-0.4, -0.2) is 12.5 Å². The van der Waals surface area contributed by atoms with Gasteiger partial charge in [0.05, 0.1) is 11.6 Å². The molecular weight excluding hydrogens is 320 g/mol. The molecule has 0 unspecified atom stereocenters. The maximum absolute atomic E-state index is 12.3. The van der Waals surface area contributed by atoms with Crippen molar-refractivity contribution in [3.8, 4) is 6.07 Å². The molecule has 0 aromatic heterocycles. The van der Waals surface area contributed by atoms with Crippen molar-refractivity contribution < 1.29 is 4.79 Å². The molecule has 0 fully saturated rings. The smallest absolute Gasteiger partial charge is 0.251 e. The fraction of sp³-hybridized carbons (Fsp3) is 0.130. The summed E-state index contributed by atoms with van der Waals surface area (Å²) >= 11 is 0. The predicted molar refractivity (Wildman–Crippen MR) is 103 cm³/mol. The summed E-state index contributed by atoms with van der Waals surface area (Å²) < 4.78 is 0. The average Bonchev–Trinajstić information content (AvgIpc) is 2.72. The van der Waals surface area contributed by atoms with Crippen LogP contribution in [0.2, 0.25) is 0 Å². The molecule has 0 aliphatic carbocycles. The van der Waals surface area contributed by atoms with Gasteiger partial charge in [0, 0.05) is 18.0 Å². The molecule has 26 heavy (non-hydrogen) atoms. The third kappa shape index (κ3) is 4.37. The summed E-state index contributed by atoms with van der Waals surface area (Å²) in [4.78, 5) is 12.3. The van der Waals surface area contributed by atoms with Crippen LogP contribution in [0.3, 0.4) is 0 Å². The van der Waals surface area contributed by atoms with Crippen LogP contribution in [0.4, 0.5) is 0 Å². The second-order valence-electron chi connectivity index (χ2n) is 6.11. The van der Waals surface area contributed by atoms with Crippen LogP contribution in [0.1, 0.15) is 39.4 Å². The number of benzene rings is 3. The normalized spacial score (nSPS) is 10.3. The van der Waals surface area contributed by atoms with Crippen molar-refractivity contribution in [2.45, 2.75) is 12.3 Å². The van der Waals surface area contributed by atoms with Gasteiger partial charge >= 0.3 is 0 Å². The van der Waals surface area contributed by atoms with Gasteiger partial charge in [0.25, 0.3) is 5.91 Å². The van der Waals surface area contributed by atoms with E-state index in [1.807, 2.05) is 36.4 Å². The van der Waals surface area contributed by atoms with Crippen molar-refractivity contribution in [1.82, 2.24) is 5.32 Å². The monoisotopic (exact) mass is 340 g/mol. The third-order valence-corrected chi connectivity index (χ3v) is 4.38. The Morgan fingerprint density at radius 3 is 2.08 bits per heavy atom. The zero-order valence-corrected chi connectivity index (χ0v) is 14.4. The van der Waals surface area contributed by atoms with Crippen LogP contribution in [0.15, 0.2) is 84.9 Å². The first-order chi connectivity index (χ1) is 12.8. The van der Waals surface area contributed by atoms with Gasteiger partial charge in [-0.1, -0.05) is 66.7 Å². The lowest BCUT2D eigenvalue weighted by atomic mass is 9.88. The topological polar surface area (TPSA) is 52.9 Å². The molecule has 1 amide bonds. The number of amides is 1. The van der Waals surface area contributed by atoms with E-state index in [0.717, 1.165) is 6.42 Å². The maximum Gasteiger partial charge on any atom is 0.251 e. The quantitative estimate of drug-likeness (QED) is 0.718. The molecule has 3 aromatic carbocycles. The molecule has 0 bridgehead atoms. The first-order valence-corrected chi connectivity index (χ1v) is 8.66. The lowest BCUT2D eigenvalue weighted by Crippen LogP contribution is -2.25. The Morgan fingerprint density at radius 2 is 1.50 bits per heavy atom. The molecule has 0 saturated carbocycles. The Morgan fingerprint density at radius 1 is 0.885 bits per heavy atom. The molecule has 0 spiro atoms. The fourth-order valence-corrected chi connectivity index (χ4v) is 3.06. The SMILES string of the molecule is N#Cc1cccc(C(=O)NCCC(c2ccccc2)c2ccccc2)c1. The second kappa shape index (κ2) is 8.64. The van der Waals surface area contributed by atoms with Gasteiger partial charge in [0.1, 0.15) is 0 Å². The van der Waals surface area contributed by atoms with Gasteiger partial charge in [-0.2, -0.15) is 5.26 Å². The summed E-state index contributed by atoms with van der Waals surface area (Å²) in [5, 5.41) is 11.9. The van der Waals surface area contributed by atoms with E-state index >= 15 is 0 Å². The lowest BCUT2D eigenvalue weighted by molar-refractivity contribution is 0.0952. The molecule has 3 aromatic rings. The summed E-state index contributed by atoms with van der Waals surface area (Å²) in [7, 11) is 0. The van der Waals surface area contributed by atoms with Crippen LogP contribution in [0.25, 0.3) is 0 Å². The Labute approximate surface area is 153 Å². The van der Waals surface area contributed by atoms with Gasteiger partial charge in [0.2, 0.25) is 0 Å². The van der Waals surface area contributed by atoms with Crippen molar-refractivity contribution in [3.05, 3.63) is 107 Å². The van der Waals surface area contributed by atoms with E-state index in [-0.39, 0.29) is 11.8 Å². The summed E-state index contributed by atoms with van der Waals surface area (Å²) in [6.45, 7) is 0.560. The Hall–Kier alpha value is -3.38. The molecule has 0 atom stereocenters. The summed E-state index contributed by atoms with van der Waals surface area (Å²) in [6, 6.07) is 29.5. The van der Waals surface area contributed by atoms with Gasteiger partial charge in [0.15, 0.2) is 0 Å². The highest BCUT2D eigenvalue weighted by Crippen LogP contribution is 2.27. The van der Waals surface area contributed by atoms with Gasteiger partial charge in [-0.15, -0.1) is 0 Å². The largest absolute Gasteiger partial charge is 0.352 e. The van der Waals surface area contributed by atoms with Crippen LogP contribution in [0.5, 0.6) is 0 Å². The molecule has 3 nitrogen and oxygen atoms in total. The molecular formula is C23H20N2O. The molecule has 0 saturated heterocycles. The molecule has 1 N–H and O–H groups in total. The molecule has 3 rings (SSSR count). The molecule has 0 heterocycles. The number of hydrogen-bond acceptors (Lipinski definition) is 2. The summed E-state index contributed by atoms with van der Waals surface area (Å²) in [6.07, 6.45) is 0.803. The summed E-state index contributed by atoms with van der Waals surface area (Å²) in [5.41, 5.74) is 3.47. The Kier molecular flexibility index (Phi) is 5.80. The van der Waals surface area contributed by atoms with Crippen molar-refractivity contribution in [2.75, 3.05) is 6.54 Å². The van der Waals surface area contributed by atoms with Crippen LogP contribution in [0, 0.1) is 11.3 Å². The number of nitriles is 1. The fourth-order valence-electron chi connectivity index (χ4n) is 3.06. The number of carbonyl (C=O) groups is 1. The van der Waals surface area contributed by atoms with Crippen molar-refractivity contribution in [1.29, 1.82) is 5.26 Å². The van der Waals surface area contributed by atoms with E-state index in [1.165, 1.54) is 11.1 Å². The van der Waals surface area contributed by atoms with E-state index < -0.39 is 0 Å². The average molecular weight is 340 g/mol. The number of rotatable bonds is 6. The third-order valence-electron chi connectivity index (χ3n) is 4.38. The number of nitrogens with zero attached hydrogens (tertiary/aromatic N) is 1. The van der Waals surface area contributed by atoms with E-state index in [4.69, 9.17) is 5.26 Å². The minimum absolute atomic E-state index is 0.151. The standard InChI is InChI=1S/C23H20N2O/c24-17-18-8-7-13-21(16-18)23(26)25-15-14-22(19-9-3-1-4-10-19)20-11-5-2-6-12-20/h1-13,16,22H,14-15H2,(H,25,26). The van der Waals surface area contributed by atoms with E-state index in [2.05, 4.69) is 35.7 Å². The predicted octanol–water partition coefficient (Wildman–Crippen LogP) is 4.51. The van der Waals surface area contributed by atoms with Crippen molar-refractivity contribution in [3.63, 3.8) is 0 Å². The zero-order chi connectivity index (χ0) is 18.2. The summed E-state index contributed by atoms with van der Waals surface area (Å²) in [5.74, 6) is 0.0742. The Balaban J connectivity index is 1.69. The first-order valence-electron chi connectivity index (χ1n) is 8.66. The molecule has 0 radical (unpaired) electrons. The highest BCUT2D eigenvalue weighted by molar-refractivity contribution is 5.94. The van der Waals surface area contributed by atoms with Gasteiger partial charge in [-0.05, 0) is 35.7 Å². The molecule has 0 aliphatic heterocycles. The van der Waals surface area contributed by atoms with E-state index in [9.17, 15) is 4.79 Å². The highest BCUT2D eigenvalue weighted by Gasteiger charge is 2.14. The first kappa shape index (κ1) is 17.4. The number of carbonyl (C=O) groups excluding carboxylic acids is 1. The lowest BCUT2D eigenvalue weighted by Gasteiger charge is -2.18. The minimum atomic E-state index is -0.151. The highest BCUT2D eigenvalue weighted by atomic mass is 16.1. The van der Waals surface area contributed by atoms with Crippen LogP contribution >= 0.6 is 0 Å². The van der Waals surface area contributed by atoms with Crippen molar-refractivity contribution >= 4 is 5.91 Å². The number of nitrogens with one attached hydrogen (secondary N) is 1. The van der Waals surface area contributed by atoms with E-state index in [1.54, 1.807) is 24.3 Å². The zero-order valence-electron chi connectivity index (χ0n) is 14.4. The maximum atomic E-state index is 12.3. The van der Waals surface area contributed by atoms with E-state index in [0.29, 0.717) is 17.7 Å². The minimum Gasteiger partial charge on any atom is -0.352 e. The number of hydrogen-bond donors (Lipinski definition) is 1. The molecule has 0 aliphatic rings. The van der Waals surface area contributed by atoms with Gasteiger partial charge < -0.3 is 5.32 Å². The van der Waals surface area contributed by atoms with Crippen LogP contribution < -0.4 is 5.32 Å². The van der Waals surface area contributed by atoms with Gasteiger partial charge in [-0.25, -0.2) is 0 Å². The molecule has 3 heteroatoms. The Bertz CT molecular complexity index is 859. The molecule has 128 valence electrons.